The molecule has 1 aliphatic heterocycles. The molecule has 0 aromatic carbocycles. The average Bonchev–Trinajstić information content (AvgIpc) is 3.05. The molecule has 0 aliphatic carbocycles. The summed E-state index contributed by atoms with van der Waals surface area (Å²) in [6.07, 6.45) is 0.817. The van der Waals surface area contributed by atoms with Gasteiger partial charge in [-0.3, -0.25) is 4.79 Å². The maximum atomic E-state index is 12.1. The Balaban J connectivity index is 1.97. The summed E-state index contributed by atoms with van der Waals surface area (Å²) >= 11 is 7.25. The SMILES string of the molecule is C[C@H](C(=O)N[C@@H](C#N)[C@H]1CCOC1)c1ccc(Cl)s1. The van der Waals surface area contributed by atoms with Crippen LogP contribution in [0.25, 0.3) is 0 Å². The van der Waals surface area contributed by atoms with Crippen LogP contribution in [0.1, 0.15) is 24.1 Å². The van der Waals surface area contributed by atoms with Crippen molar-refractivity contribution in [2.45, 2.75) is 25.3 Å². The summed E-state index contributed by atoms with van der Waals surface area (Å²) < 4.78 is 5.91. The highest BCUT2D eigenvalue weighted by Crippen LogP contribution is 2.28. The van der Waals surface area contributed by atoms with Crippen LogP contribution in [0.3, 0.4) is 0 Å². The Hall–Kier alpha value is -1.09. The summed E-state index contributed by atoms with van der Waals surface area (Å²) in [6.45, 7) is 3.02. The number of nitrogens with zero attached hydrogens (tertiary/aromatic N) is 1. The number of nitriles is 1. The lowest BCUT2D eigenvalue weighted by atomic mass is 9.99. The fourth-order valence-corrected chi connectivity index (χ4v) is 3.15. The lowest BCUT2D eigenvalue weighted by molar-refractivity contribution is -0.122. The van der Waals surface area contributed by atoms with E-state index >= 15 is 0 Å². The minimum Gasteiger partial charge on any atom is -0.381 e. The third-order valence-corrected chi connectivity index (χ3v) is 4.70. The molecule has 1 aromatic heterocycles. The Morgan fingerprint density at radius 2 is 2.47 bits per heavy atom. The number of rotatable bonds is 4. The highest BCUT2D eigenvalue weighted by atomic mass is 35.5. The monoisotopic (exact) mass is 298 g/mol. The average molecular weight is 299 g/mol. The highest BCUT2D eigenvalue weighted by Gasteiger charge is 2.28. The smallest absolute Gasteiger partial charge is 0.229 e. The van der Waals surface area contributed by atoms with E-state index in [4.69, 9.17) is 21.6 Å². The van der Waals surface area contributed by atoms with E-state index in [1.807, 2.05) is 13.0 Å². The predicted octanol–water partition coefficient (Wildman–Crippen LogP) is 2.55. The standard InChI is InChI=1S/C13H15ClN2O2S/c1-8(11-2-3-12(14)19-11)13(17)16-10(6-15)9-4-5-18-7-9/h2-3,8-10H,4-5,7H2,1H3,(H,16,17)/t8-,9-,10-/m0/s1. The van der Waals surface area contributed by atoms with Gasteiger partial charge in [0, 0.05) is 17.4 Å². The normalized spacial score (nSPS) is 21.6. The molecule has 0 unspecified atom stereocenters. The van der Waals surface area contributed by atoms with E-state index in [0.717, 1.165) is 11.3 Å². The molecule has 1 amide bonds. The first-order valence-corrected chi connectivity index (χ1v) is 7.34. The molecule has 0 radical (unpaired) electrons. The van der Waals surface area contributed by atoms with Crippen molar-refractivity contribution in [1.82, 2.24) is 5.32 Å². The third kappa shape index (κ3) is 3.47. The van der Waals surface area contributed by atoms with Gasteiger partial charge in [-0.05, 0) is 25.5 Å². The number of halogens is 1. The molecule has 0 saturated carbocycles. The highest BCUT2D eigenvalue weighted by molar-refractivity contribution is 7.16. The van der Waals surface area contributed by atoms with E-state index in [2.05, 4.69) is 11.4 Å². The number of hydrogen-bond donors (Lipinski definition) is 1. The van der Waals surface area contributed by atoms with Crippen molar-refractivity contribution in [2.75, 3.05) is 13.2 Å². The van der Waals surface area contributed by atoms with E-state index in [1.165, 1.54) is 11.3 Å². The summed E-state index contributed by atoms with van der Waals surface area (Å²) in [4.78, 5) is 13.0. The van der Waals surface area contributed by atoms with Crippen molar-refractivity contribution in [1.29, 1.82) is 5.26 Å². The fourth-order valence-electron chi connectivity index (χ4n) is 2.04. The first-order valence-electron chi connectivity index (χ1n) is 6.14. The second kappa shape index (κ2) is 6.38. The summed E-state index contributed by atoms with van der Waals surface area (Å²) in [7, 11) is 0. The number of carbonyl (C=O) groups excluding carboxylic acids is 1. The number of amides is 1. The molecule has 1 fully saturated rings. The fraction of sp³-hybridized carbons (Fsp3) is 0.538. The molecule has 19 heavy (non-hydrogen) atoms. The van der Waals surface area contributed by atoms with Crippen molar-refractivity contribution in [3.05, 3.63) is 21.3 Å². The number of ether oxygens (including phenoxy) is 1. The summed E-state index contributed by atoms with van der Waals surface area (Å²) in [5.41, 5.74) is 0. The van der Waals surface area contributed by atoms with Crippen LogP contribution in [0.4, 0.5) is 0 Å². The lowest BCUT2D eigenvalue weighted by Gasteiger charge is -2.19. The van der Waals surface area contributed by atoms with Gasteiger partial charge in [0.2, 0.25) is 5.91 Å². The Kier molecular flexibility index (Phi) is 4.81. The zero-order valence-corrected chi connectivity index (χ0v) is 12.1. The zero-order chi connectivity index (χ0) is 13.8. The molecule has 0 spiro atoms. The van der Waals surface area contributed by atoms with Crippen LogP contribution in [-0.4, -0.2) is 25.2 Å². The molecule has 4 nitrogen and oxygen atoms in total. The van der Waals surface area contributed by atoms with Gasteiger partial charge in [-0.25, -0.2) is 0 Å². The van der Waals surface area contributed by atoms with Crippen molar-refractivity contribution in [2.24, 2.45) is 5.92 Å². The van der Waals surface area contributed by atoms with Crippen LogP contribution >= 0.6 is 22.9 Å². The Labute approximate surface area is 121 Å². The van der Waals surface area contributed by atoms with Gasteiger partial charge in [-0.2, -0.15) is 5.26 Å². The van der Waals surface area contributed by atoms with Gasteiger partial charge in [-0.15, -0.1) is 11.3 Å². The van der Waals surface area contributed by atoms with Gasteiger partial charge in [0.25, 0.3) is 0 Å². The van der Waals surface area contributed by atoms with Crippen molar-refractivity contribution in [3.8, 4) is 6.07 Å². The molecule has 1 aliphatic rings. The van der Waals surface area contributed by atoms with Crippen LogP contribution in [0, 0.1) is 17.2 Å². The lowest BCUT2D eigenvalue weighted by Crippen LogP contribution is -2.41. The first kappa shape index (κ1) is 14.3. The number of nitrogens with one attached hydrogen (secondary N) is 1. The van der Waals surface area contributed by atoms with Gasteiger partial charge in [0.15, 0.2) is 0 Å². The van der Waals surface area contributed by atoms with Crippen LogP contribution in [0.15, 0.2) is 12.1 Å². The minimum atomic E-state index is -0.479. The maximum absolute atomic E-state index is 12.1. The number of carbonyl (C=O) groups is 1. The van der Waals surface area contributed by atoms with Crippen LogP contribution in [-0.2, 0) is 9.53 Å². The molecule has 0 bridgehead atoms. The molecule has 3 atom stereocenters. The van der Waals surface area contributed by atoms with Crippen LogP contribution in [0.2, 0.25) is 4.34 Å². The predicted molar refractivity (Wildman–Crippen MR) is 74.2 cm³/mol. The van der Waals surface area contributed by atoms with E-state index in [0.29, 0.717) is 17.6 Å². The Bertz CT molecular complexity index is 491. The van der Waals surface area contributed by atoms with Crippen molar-refractivity contribution < 1.29 is 9.53 Å². The molecular formula is C13H15ClN2O2S. The summed E-state index contributed by atoms with van der Waals surface area (Å²) in [5.74, 6) is -0.347. The minimum absolute atomic E-state index is 0.0908. The molecule has 2 rings (SSSR count). The van der Waals surface area contributed by atoms with Crippen molar-refractivity contribution >= 4 is 28.8 Å². The molecule has 1 N–H and O–H groups in total. The molecule has 2 heterocycles. The Morgan fingerprint density at radius 1 is 1.68 bits per heavy atom. The van der Waals surface area contributed by atoms with Gasteiger partial charge in [-0.1, -0.05) is 11.6 Å². The van der Waals surface area contributed by atoms with E-state index in [9.17, 15) is 4.79 Å². The summed E-state index contributed by atoms with van der Waals surface area (Å²) in [6, 6.07) is 5.29. The second-order valence-corrected chi connectivity index (χ2v) is 6.35. The van der Waals surface area contributed by atoms with Gasteiger partial charge in [0.05, 0.1) is 22.9 Å². The van der Waals surface area contributed by atoms with Crippen LogP contribution < -0.4 is 5.32 Å². The number of thiophene rings is 1. The Morgan fingerprint density at radius 3 is 3.00 bits per heavy atom. The van der Waals surface area contributed by atoms with E-state index in [-0.39, 0.29) is 17.7 Å². The quantitative estimate of drug-likeness (QED) is 0.929. The van der Waals surface area contributed by atoms with E-state index in [1.54, 1.807) is 6.07 Å². The first-order chi connectivity index (χ1) is 9.11. The molecule has 6 heteroatoms. The van der Waals surface area contributed by atoms with Crippen molar-refractivity contribution in [3.63, 3.8) is 0 Å². The van der Waals surface area contributed by atoms with Crippen LogP contribution in [0.5, 0.6) is 0 Å². The third-order valence-electron chi connectivity index (χ3n) is 3.29. The second-order valence-electron chi connectivity index (χ2n) is 4.60. The van der Waals surface area contributed by atoms with Gasteiger partial charge in [0.1, 0.15) is 6.04 Å². The molecular weight excluding hydrogens is 284 g/mol. The zero-order valence-electron chi connectivity index (χ0n) is 10.6. The molecule has 102 valence electrons. The van der Waals surface area contributed by atoms with Gasteiger partial charge < -0.3 is 10.1 Å². The topological polar surface area (TPSA) is 62.1 Å². The molecule has 1 aromatic rings. The maximum Gasteiger partial charge on any atom is 0.229 e. The number of hydrogen-bond acceptors (Lipinski definition) is 4. The largest absolute Gasteiger partial charge is 0.381 e. The van der Waals surface area contributed by atoms with E-state index < -0.39 is 6.04 Å². The van der Waals surface area contributed by atoms with Gasteiger partial charge >= 0.3 is 0 Å². The molecule has 1 saturated heterocycles. The summed E-state index contributed by atoms with van der Waals surface area (Å²) in [5, 5.41) is 12.0.